The molecule has 0 aromatic heterocycles. The zero-order valence-electron chi connectivity index (χ0n) is 10.7. The van der Waals surface area contributed by atoms with E-state index < -0.39 is 9.84 Å². The fraction of sp³-hybridized carbons (Fsp3) is 0.455. The highest BCUT2D eigenvalue weighted by atomic mass is 35.5. The third kappa shape index (κ3) is 3.52. The van der Waals surface area contributed by atoms with Crippen molar-refractivity contribution in [2.45, 2.75) is 13.3 Å². The molecule has 0 bridgehead atoms. The highest BCUT2D eigenvalue weighted by Crippen LogP contribution is 2.47. The van der Waals surface area contributed by atoms with Gasteiger partial charge in [0.1, 0.15) is 11.4 Å². The van der Waals surface area contributed by atoms with Crippen molar-refractivity contribution in [3.63, 3.8) is 0 Å². The number of anilines is 1. The van der Waals surface area contributed by atoms with Crippen molar-refractivity contribution in [3.8, 4) is 0 Å². The average molecular weight is 354 g/mol. The molecule has 0 saturated carbocycles. The van der Waals surface area contributed by atoms with E-state index in [2.05, 4.69) is 14.0 Å². The molecule has 110 valence electrons. The van der Waals surface area contributed by atoms with Gasteiger partial charge < -0.3 is 5.32 Å². The Morgan fingerprint density at radius 2 is 1.90 bits per heavy atom. The SMILES string of the molecule is CCCS(=O)(=O)CCNc1c(Cl)cc(Cl)c2c1N=S=N2. The van der Waals surface area contributed by atoms with Crippen LogP contribution in [0.1, 0.15) is 13.3 Å². The molecule has 5 nitrogen and oxygen atoms in total. The van der Waals surface area contributed by atoms with Gasteiger partial charge in [-0.05, 0) is 12.5 Å². The summed E-state index contributed by atoms with van der Waals surface area (Å²) in [6.07, 6.45) is 0.615. The summed E-state index contributed by atoms with van der Waals surface area (Å²) in [6, 6.07) is 1.58. The predicted octanol–water partition coefficient (Wildman–Crippen LogP) is 3.96. The molecular weight excluding hydrogens is 341 g/mol. The lowest BCUT2D eigenvalue weighted by molar-refractivity contribution is 0.595. The van der Waals surface area contributed by atoms with Crippen molar-refractivity contribution in [1.29, 1.82) is 0 Å². The second-order valence-electron chi connectivity index (χ2n) is 4.26. The molecule has 0 unspecified atom stereocenters. The molecule has 0 spiro atoms. The monoisotopic (exact) mass is 353 g/mol. The van der Waals surface area contributed by atoms with Crippen LogP contribution in [-0.2, 0) is 21.2 Å². The Morgan fingerprint density at radius 3 is 2.60 bits per heavy atom. The molecule has 1 aliphatic rings. The van der Waals surface area contributed by atoms with Crippen molar-refractivity contribution in [2.75, 3.05) is 23.4 Å². The maximum Gasteiger partial charge on any atom is 0.152 e. The second-order valence-corrected chi connectivity index (χ2v) is 7.90. The molecule has 0 atom stereocenters. The molecule has 0 amide bonds. The number of halogens is 2. The summed E-state index contributed by atoms with van der Waals surface area (Å²) in [4.78, 5) is 0. The summed E-state index contributed by atoms with van der Waals surface area (Å²) in [5, 5.41) is 3.86. The highest BCUT2D eigenvalue weighted by Gasteiger charge is 2.19. The Bertz CT molecular complexity index is 698. The van der Waals surface area contributed by atoms with Gasteiger partial charge in [-0.1, -0.05) is 30.1 Å². The minimum Gasteiger partial charge on any atom is -0.381 e. The average Bonchev–Trinajstić information content (AvgIpc) is 2.82. The molecule has 1 N–H and O–H groups in total. The third-order valence-corrected chi connectivity index (χ3v) is 5.64. The summed E-state index contributed by atoms with van der Waals surface area (Å²) >= 11 is 13.2. The van der Waals surface area contributed by atoms with Crippen LogP contribution in [0.2, 0.25) is 10.0 Å². The zero-order valence-corrected chi connectivity index (χ0v) is 13.8. The molecule has 1 aromatic rings. The molecule has 2 rings (SSSR count). The van der Waals surface area contributed by atoms with Gasteiger partial charge >= 0.3 is 0 Å². The van der Waals surface area contributed by atoms with E-state index in [4.69, 9.17) is 23.2 Å². The first kappa shape index (κ1) is 15.8. The van der Waals surface area contributed by atoms with E-state index in [0.29, 0.717) is 33.5 Å². The Balaban J connectivity index is 2.12. The van der Waals surface area contributed by atoms with Crippen molar-refractivity contribution in [1.82, 2.24) is 0 Å². The van der Waals surface area contributed by atoms with Crippen LogP contribution in [0.5, 0.6) is 0 Å². The Morgan fingerprint density at radius 1 is 1.20 bits per heavy atom. The fourth-order valence-electron chi connectivity index (χ4n) is 1.79. The largest absolute Gasteiger partial charge is 0.381 e. The summed E-state index contributed by atoms with van der Waals surface area (Å²) in [5.74, 6) is 0.246. The second kappa shape index (κ2) is 6.43. The van der Waals surface area contributed by atoms with E-state index >= 15 is 0 Å². The van der Waals surface area contributed by atoms with Crippen molar-refractivity contribution < 1.29 is 8.42 Å². The lowest BCUT2D eigenvalue weighted by Gasteiger charge is -2.12. The smallest absolute Gasteiger partial charge is 0.152 e. The van der Waals surface area contributed by atoms with E-state index in [9.17, 15) is 8.42 Å². The number of fused-ring (bicyclic) bond motifs is 1. The van der Waals surface area contributed by atoms with Crippen LogP contribution in [0.15, 0.2) is 14.8 Å². The van der Waals surface area contributed by atoms with E-state index in [0.717, 1.165) is 11.4 Å². The maximum atomic E-state index is 11.7. The Hall–Kier alpha value is -0.630. The first-order chi connectivity index (χ1) is 9.44. The first-order valence-corrected chi connectivity index (χ1v) is 9.30. The van der Waals surface area contributed by atoms with Crippen molar-refractivity contribution in [3.05, 3.63) is 16.1 Å². The first-order valence-electron chi connectivity index (χ1n) is 5.99. The lowest BCUT2D eigenvalue weighted by atomic mass is 10.2. The summed E-state index contributed by atoms with van der Waals surface area (Å²) in [6.45, 7) is 2.11. The molecule has 1 aliphatic heterocycles. The molecular formula is C11H13Cl2N3O2S2. The fourth-order valence-corrected chi connectivity index (χ4v) is 4.21. The van der Waals surface area contributed by atoms with E-state index in [-0.39, 0.29) is 18.1 Å². The standard InChI is InChI=1S/C11H13Cl2N3O2S2/c1-2-4-20(17,18)5-3-14-9-7(12)6-8(13)10-11(9)16-19-15-10/h6,14H,2-5H2,1H3. The Labute approximate surface area is 131 Å². The number of nitrogens with one attached hydrogen (secondary N) is 1. The van der Waals surface area contributed by atoms with Crippen LogP contribution in [0.25, 0.3) is 0 Å². The van der Waals surface area contributed by atoms with Gasteiger partial charge in [0.2, 0.25) is 0 Å². The molecule has 1 heterocycles. The van der Waals surface area contributed by atoms with Gasteiger partial charge in [-0.2, -0.15) is 8.73 Å². The highest BCUT2D eigenvalue weighted by molar-refractivity contribution is 7.91. The van der Waals surface area contributed by atoms with Crippen LogP contribution in [0, 0.1) is 0 Å². The van der Waals surface area contributed by atoms with Gasteiger partial charge in [-0.25, -0.2) is 8.42 Å². The van der Waals surface area contributed by atoms with E-state index in [1.165, 1.54) is 0 Å². The van der Waals surface area contributed by atoms with Crippen LogP contribution in [0.3, 0.4) is 0 Å². The van der Waals surface area contributed by atoms with Crippen LogP contribution < -0.4 is 5.32 Å². The number of nitrogens with zero attached hydrogens (tertiary/aromatic N) is 2. The summed E-state index contributed by atoms with van der Waals surface area (Å²) < 4.78 is 31.5. The van der Waals surface area contributed by atoms with E-state index in [1.807, 2.05) is 6.92 Å². The van der Waals surface area contributed by atoms with E-state index in [1.54, 1.807) is 6.07 Å². The summed E-state index contributed by atoms with van der Waals surface area (Å²) in [5.41, 5.74) is 1.71. The van der Waals surface area contributed by atoms with Crippen LogP contribution in [0.4, 0.5) is 17.1 Å². The zero-order chi connectivity index (χ0) is 14.8. The number of benzene rings is 1. The Kier molecular flexibility index (Phi) is 5.06. The number of hydrogen-bond donors (Lipinski definition) is 1. The number of hydrogen-bond acceptors (Lipinski definition) is 5. The van der Waals surface area contributed by atoms with Gasteiger partial charge in [0.25, 0.3) is 0 Å². The van der Waals surface area contributed by atoms with Crippen molar-refractivity contribution in [2.24, 2.45) is 8.73 Å². The van der Waals surface area contributed by atoms with Gasteiger partial charge in [-0.15, -0.1) is 0 Å². The molecule has 1 aromatic carbocycles. The van der Waals surface area contributed by atoms with Gasteiger partial charge in [0, 0.05) is 12.3 Å². The molecule has 0 radical (unpaired) electrons. The lowest BCUT2D eigenvalue weighted by Crippen LogP contribution is -2.18. The minimum atomic E-state index is -3.03. The predicted molar refractivity (Wildman–Crippen MR) is 85.4 cm³/mol. The molecule has 9 heteroatoms. The molecule has 0 fully saturated rings. The van der Waals surface area contributed by atoms with Crippen LogP contribution in [-0.4, -0.2) is 26.5 Å². The van der Waals surface area contributed by atoms with Gasteiger partial charge in [0.15, 0.2) is 9.84 Å². The van der Waals surface area contributed by atoms with Gasteiger partial charge in [-0.3, -0.25) is 0 Å². The quantitative estimate of drug-likeness (QED) is 0.854. The minimum absolute atomic E-state index is 0.0544. The van der Waals surface area contributed by atoms with Gasteiger partial charge in [0.05, 0.1) is 32.8 Å². The topological polar surface area (TPSA) is 70.9 Å². The molecule has 20 heavy (non-hydrogen) atoms. The number of sulfone groups is 1. The third-order valence-electron chi connectivity index (χ3n) is 2.67. The summed E-state index contributed by atoms with van der Waals surface area (Å²) in [7, 11) is -3.03. The molecule has 0 saturated heterocycles. The van der Waals surface area contributed by atoms with Crippen LogP contribution >= 0.6 is 23.2 Å². The number of rotatable bonds is 6. The molecule has 0 aliphatic carbocycles. The maximum absolute atomic E-state index is 11.7. The van der Waals surface area contributed by atoms with Crippen molar-refractivity contribution >= 4 is 61.5 Å². The normalized spacial score (nSPS) is 13.2.